The Morgan fingerprint density at radius 2 is 1.79 bits per heavy atom. The Morgan fingerprint density at radius 1 is 1.02 bits per heavy atom. The molecule has 0 bridgehead atoms. The fraction of sp³-hybridized carbons (Fsp3) is 0.421. The largest absolute Gasteiger partial charge is 0.478 e. The average molecular weight is 636 g/mol. The van der Waals surface area contributed by atoms with Gasteiger partial charge in [-0.15, -0.1) is 0 Å². The summed E-state index contributed by atoms with van der Waals surface area (Å²) in [5, 5.41) is 18.0. The molecule has 1 unspecified atom stereocenters. The molecule has 0 radical (unpaired) electrons. The number of carboxylic acid groups (broad SMARTS) is 1. The molecule has 2 N–H and O–H groups in total. The van der Waals surface area contributed by atoms with Gasteiger partial charge in [-0.05, 0) is 111 Å². The molecule has 2 aromatic heterocycles. The molecule has 1 saturated heterocycles. The monoisotopic (exact) mass is 635 g/mol. The number of aryl methyl sites for hydroxylation is 3. The van der Waals surface area contributed by atoms with Gasteiger partial charge in [0.1, 0.15) is 11.4 Å². The number of nitrogens with zero attached hydrogens (tertiary/aromatic N) is 4. The molecule has 1 amide bonds. The van der Waals surface area contributed by atoms with E-state index in [1.165, 1.54) is 18.4 Å². The number of hydrogen-bond acceptors (Lipinski definition) is 5. The predicted molar refractivity (Wildman–Crippen MR) is 180 cm³/mol. The maximum Gasteiger partial charge on any atom is 0.339 e. The molecule has 9 heteroatoms. The van der Waals surface area contributed by atoms with Crippen molar-refractivity contribution < 1.29 is 19.1 Å². The van der Waals surface area contributed by atoms with Gasteiger partial charge in [-0.25, -0.2) is 18.9 Å². The minimum Gasteiger partial charge on any atom is -0.478 e. The Hall–Kier alpha value is -4.53. The van der Waals surface area contributed by atoms with Gasteiger partial charge in [-0.3, -0.25) is 4.79 Å². The highest BCUT2D eigenvalue weighted by atomic mass is 19.1. The van der Waals surface area contributed by atoms with E-state index in [0.29, 0.717) is 49.1 Å². The lowest BCUT2D eigenvalue weighted by molar-refractivity contribution is -0.132. The first kappa shape index (κ1) is 31.1. The van der Waals surface area contributed by atoms with Crippen molar-refractivity contribution in [3.63, 3.8) is 0 Å². The summed E-state index contributed by atoms with van der Waals surface area (Å²) < 4.78 is 17.4. The summed E-state index contributed by atoms with van der Waals surface area (Å²) in [6.07, 6.45) is 6.89. The number of fused-ring (bicyclic) bond motifs is 1. The zero-order chi connectivity index (χ0) is 32.8. The number of benzene rings is 2. The van der Waals surface area contributed by atoms with E-state index in [9.17, 15) is 14.7 Å². The number of carbonyl (C=O) groups excluding carboxylic acids is 1. The topological polar surface area (TPSA) is 100 Å². The lowest BCUT2D eigenvalue weighted by Crippen LogP contribution is -2.38. The molecule has 244 valence electrons. The summed E-state index contributed by atoms with van der Waals surface area (Å²) in [6, 6.07) is 15.6. The van der Waals surface area contributed by atoms with Crippen LogP contribution in [0.5, 0.6) is 0 Å². The Balaban J connectivity index is 1.12. The molecule has 4 aromatic rings. The summed E-state index contributed by atoms with van der Waals surface area (Å²) >= 11 is 0. The number of carbonyl (C=O) groups is 2. The second-order valence-corrected chi connectivity index (χ2v) is 13.5. The van der Waals surface area contributed by atoms with Gasteiger partial charge in [0.05, 0.1) is 23.1 Å². The fourth-order valence-electron chi connectivity index (χ4n) is 7.55. The quantitative estimate of drug-likeness (QED) is 0.197. The first-order valence-corrected chi connectivity index (χ1v) is 17.0. The standard InChI is InChI=1S/C38H42FN5O3/c1-4-30-36(38(46)47)23(3)44(42-30)34-10-6-9-31(41-34)27-8-5-7-26-13-14-32(37(26)27)40-33-21-29(39)28(19-22(33)2)25-15-17-43(18-16-25)35(45)20-24-11-12-24/h5-10,19,21,24-25,32,40H,4,11-18,20H2,1-3H3,(H,46,47). The van der Waals surface area contributed by atoms with E-state index in [1.54, 1.807) is 17.7 Å². The van der Waals surface area contributed by atoms with Gasteiger partial charge in [0.15, 0.2) is 5.82 Å². The van der Waals surface area contributed by atoms with E-state index >= 15 is 4.39 Å². The third-order valence-electron chi connectivity index (χ3n) is 10.3. The molecular formula is C38H42FN5O3. The maximum absolute atomic E-state index is 15.7. The lowest BCUT2D eigenvalue weighted by atomic mass is 9.87. The molecule has 3 aliphatic rings. The number of aromatic nitrogens is 3. The van der Waals surface area contributed by atoms with Gasteiger partial charge in [-0.2, -0.15) is 5.10 Å². The molecule has 8 nitrogen and oxygen atoms in total. The van der Waals surface area contributed by atoms with Crippen LogP contribution in [0.25, 0.3) is 17.1 Å². The van der Waals surface area contributed by atoms with Gasteiger partial charge in [0.25, 0.3) is 0 Å². The summed E-state index contributed by atoms with van der Waals surface area (Å²) in [4.78, 5) is 31.5. The Morgan fingerprint density at radius 3 is 2.49 bits per heavy atom. The second-order valence-electron chi connectivity index (χ2n) is 13.5. The number of anilines is 1. The highest BCUT2D eigenvalue weighted by Crippen LogP contribution is 2.42. The predicted octanol–water partition coefficient (Wildman–Crippen LogP) is 7.56. The van der Waals surface area contributed by atoms with E-state index in [4.69, 9.17) is 4.98 Å². The van der Waals surface area contributed by atoms with Crippen LogP contribution in [0.4, 0.5) is 10.1 Å². The van der Waals surface area contributed by atoms with E-state index in [0.717, 1.165) is 59.3 Å². The van der Waals surface area contributed by atoms with Crippen molar-refractivity contribution >= 4 is 17.6 Å². The van der Waals surface area contributed by atoms with E-state index in [2.05, 4.69) is 22.5 Å². The minimum atomic E-state index is -0.989. The SMILES string of the molecule is CCc1nn(-c2cccc(-c3cccc4c3C(Nc3cc(F)c(C5CCN(C(=O)CC6CC6)CC5)cc3C)CC4)n2)c(C)c1C(=O)O. The van der Waals surface area contributed by atoms with Crippen LogP contribution in [-0.4, -0.2) is 49.7 Å². The van der Waals surface area contributed by atoms with E-state index < -0.39 is 5.97 Å². The number of rotatable bonds is 9. The van der Waals surface area contributed by atoms with Crippen LogP contribution in [0.1, 0.15) is 101 Å². The van der Waals surface area contributed by atoms with Crippen LogP contribution in [0.2, 0.25) is 0 Å². The van der Waals surface area contributed by atoms with Crippen molar-refractivity contribution in [1.29, 1.82) is 0 Å². The van der Waals surface area contributed by atoms with Gasteiger partial charge in [-0.1, -0.05) is 37.3 Å². The third-order valence-corrected chi connectivity index (χ3v) is 10.3. The van der Waals surface area contributed by atoms with Crippen LogP contribution in [0.3, 0.4) is 0 Å². The number of carboxylic acids is 1. The number of likely N-dealkylation sites (tertiary alicyclic amines) is 1. The molecule has 2 aliphatic carbocycles. The lowest BCUT2D eigenvalue weighted by Gasteiger charge is -2.33. The highest BCUT2D eigenvalue weighted by Gasteiger charge is 2.31. The summed E-state index contributed by atoms with van der Waals surface area (Å²) in [5.74, 6) is 0.340. The minimum absolute atomic E-state index is 0.0203. The third kappa shape index (κ3) is 6.03. The molecule has 1 saturated carbocycles. The number of piperidine rings is 1. The van der Waals surface area contributed by atoms with Crippen LogP contribution in [0.15, 0.2) is 48.5 Å². The second kappa shape index (κ2) is 12.6. The van der Waals surface area contributed by atoms with Gasteiger partial charge in [0, 0.05) is 30.8 Å². The Labute approximate surface area is 275 Å². The van der Waals surface area contributed by atoms with Crippen molar-refractivity contribution in [2.45, 2.75) is 84.1 Å². The first-order chi connectivity index (χ1) is 22.7. The summed E-state index contributed by atoms with van der Waals surface area (Å²) in [5.41, 5.74) is 8.02. The van der Waals surface area contributed by atoms with Crippen molar-refractivity contribution in [3.8, 4) is 17.1 Å². The molecule has 7 rings (SSSR count). The summed E-state index contributed by atoms with van der Waals surface area (Å²) in [6.45, 7) is 7.09. The Bertz CT molecular complexity index is 1850. The highest BCUT2D eigenvalue weighted by molar-refractivity contribution is 5.90. The maximum atomic E-state index is 15.7. The number of nitrogens with one attached hydrogen (secondary N) is 1. The van der Waals surface area contributed by atoms with Gasteiger partial charge in [0.2, 0.25) is 5.91 Å². The molecule has 2 fully saturated rings. The van der Waals surface area contributed by atoms with Crippen LogP contribution < -0.4 is 5.32 Å². The fourth-order valence-corrected chi connectivity index (χ4v) is 7.55. The molecule has 2 aromatic carbocycles. The summed E-state index contributed by atoms with van der Waals surface area (Å²) in [7, 11) is 0. The normalized spacial score (nSPS) is 18.0. The van der Waals surface area contributed by atoms with Crippen LogP contribution in [-0.2, 0) is 17.6 Å². The van der Waals surface area contributed by atoms with Crippen LogP contribution >= 0.6 is 0 Å². The van der Waals surface area contributed by atoms with E-state index in [-0.39, 0.29) is 29.2 Å². The molecule has 1 aliphatic heterocycles. The zero-order valence-electron chi connectivity index (χ0n) is 27.4. The Kier molecular flexibility index (Phi) is 8.32. The van der Waals surface area contributed by atoms with Crippen molar-refractivity contribution in [1.82, 2.24) is 19.7 Å². The number of pyridine rings is 1. The number of hydrogen-bond donors (Lipinski definition) is 2. The number of aromatic carboxylic acids is 1. The number of halogens is 1. The first-order valence-electron chi connectivity index (χ1n) is 17.0. The average Bonchev–Trinajstić information content (AvgIpc) is 3.69. The molecule has 1 atom stereocenters. The van der Waals surface area contributed by atoms with Crippen molar-refractivity contribution in [3.05, 3.63) is 93.6 Å². The molecule has 3 heterocycles. The van der Waals surface area contributed by atoms with Crippen molar-refractivity contribution in [2.75, 3.05) is 18.4 Å². The van der Waals surface area contributed by atoms with Gasteiger partial charge >= 0.3 is 5.97 Å². The van der Waals surface area contributed by atoms with Crippen molar-refractivity contribution in [2.24, 2.45) is 5.92 Å². The van der Waals surface area contributed by atoms with Gasteiger partial charge < -0.3 is 15.3 Å². The zero-order valence-corrected chi connectivity index (χ0v) is 27.4. The smallest absolute Gasteiger partial charge is 0.339 e. The molecular weight excluding hydrogens is 593 g/mol. The van der Waals surface area contributed by atoms with E-state index in [1.807, 2.05) is 49.1 Å². The number of amides is 1. The molecule has 0 spiro atoms. The molecule has 47 heavy (non-hydrogen) atoms. The van der Waals surface area contributed by atoms with Crippen LogP contribution in [0, 0.1) is 25.6 Å².